The fourth-order valence-corrected chi connectivity index (χ4v) is 3.92. The van der Waals surface area contributed by atoms with Crippen LogP contribution in [0.15, 0.2) is 24.3 Å². The van der Waals surface area contributed by atoms with E-state index in [1.54, 1.807) is 0 Å². The molecule has 27 heavy (non-hydrogen) atoms. The first-order chi connectivity index (χ1) is 13.2. The Balaban J connectivity index is 1.49. The minimum Gasteiger partial charge on any atom is -0.370 e. The molecule has 0 bridgehead atoms. The molecule has 7 heteroatoms. The van der Waals surface area contributed by atoms with Crippen LogP contribution < -0.4 is 10.2 Å². The third kappa shape index (κ3) is 3.28. The van der Waals surface area contributed by atoms with Crippen molar-refractivity contribution in [1.82, 2.24) is 15.3 Å². The van der Waals surface area contributed by atoms with E-state index in [1.165, 1.54) is 0 Å². The number of halogens is 1. The van der Waals surface area contributed by atoms with E-state index in [4.69, 9.17) is 21.3 Å². The molecule has 1 aromatic heterocycles. The minimum absolute atomic E-state index is 0.0385. The van der Waals surface area contributed by atoms with E-state index in [9.17, 15) is 4.79 Å². The molecule has 1 atom stereocenters. The summed E-state index contributed by atoms with van der Waals surface area (Å²) in [6.45, 7) is 2.73. The highest BCUT2D eigenvalue weighted by Gasteiger charge is 2.34. The Kier molecular flexibility index (Phi) is 4.25. The van der Waals surface area contributed by atoms with E-state index in [0.29, 0.717) is 31.3 Å². The average Bonchev–Trinajstić information content (AvgIpc) is 3.54. The van der Waals surface area contributed by atoms with Crippen molar-refractivity contribution in [1.29, 1.82) is 0 Å². The predicted molar refractivity (Wildman–Crippen MR) is 102 cm³/mol. The Morgan fingerprint density at radius 3 is 2.78 bits per heavy atom. The second-order valence-corrected chi connectivity index (χ2v) is 7.81. The summed E-state index contributed by atoms with van der Waals surface area (Å²) in [6, 6.07) is 7.80. The molecule has 1 saturated carbocycles. The zero-order chi connectivity index (χ0) is 18.4. The first kappa shape index (κ1) is 17.0. The van der Waals surface area contributed by atoms with Gasteiger partial charge in [-0.1, -0.05) is 23.7 Å². The lowest BCUT2D eigenvalue weighted by Crippen LogP contribution is -2.41. The van der Waals surface area contributed by atoms with Crippen molar-refractivity contribution in [3.8, 4) is 0 Å². The van der Waals surface area contributed by atoms with Crippen molar-refractivity contribution in [2.75, 3.05) is 31.1 Å². The number of benzene rings is 1. The fraction of sp³-hybridized carbons (Fsp3) is 0.450. The number of fused-ring (bicyclic) bond motifs is 1. The van der Waals surface area contributed by atoms with Gasteiger partial charge in [0.05, 0.1) is 6.61 Å². The smallest absolute Gasteiger partial charge is 0.270 e. The largest absolute Gasteiger partial charge is 0.370 e. The Morgan fingerprint density at radius 2 is 2.00 bits per heavy atom. The van der Waals surface area contributed by atoms with Gasteiger partial charge in [-0.05, 0) is 37.0 Å². The first-order valence-corrected chi connectivity index (χ1v) is 9.88. The molecule has 0 spiro atoms. The molecule has 140 valence electrons. The van der Waals surface area contributed by atoms with Crippen molar-refractivity contribution >= 4 is 23.3 Å². The van der Waals surface area contributed by atoms with Gasteiger partial charge in [0, 0.05) is 36.1 Å². The molecular formula is C20H21ClN4O2. The van der Waals surface area contributed by atoms with Gasteiger partial charge in [0.15, 0.2) is 0 Å². The van der Waals surface area contributed by atoms with Gasteiger partial charge in [-0.25, -0.2) is 9.97 Å². The predicted octanol–water partition coefficient (Wildman–Crippen LogP) is 2.87. The van der Waals surface area contributed by atoms with Crippen molar-refractivity contribution in [3.63, 3.8) is 0 Å². The maximum absolute atomic E-state index is 12.4. The van der Waals surface area contributed by atoms with E-state index >= 15 is 0 Å². The first-order valence-electron chi connectivity index (χ1n) is 9.50. The summed E-state index contributed by atoms with van der Waals surface area (Å²) >= 11 is 6.02. The van der Waals surface area contributed by atoms with Crippen LogP contribution in [0.4, 0.5) is 5.82 Å². The van der Waals surface area contributed by atoms with Crippen molar-refractivity contribution < 1.29 is 9.53 Å². The average molecular weight is 385 g/mol. The number of amides is 1. The van der Waals surface area contributed by atoms with Crippen molar-refractivity contribution in [3.05, 3.63) is 51.9 Å². The lowest BCUT2D eigenvalue weighted by molar-refractivity contribution is 0.0394. The number of rotatable bonds is 3. The molecule has 2 aliphatic heterocycles. The molecule has 1 N–H and O–H groups in total. The molecular weight excluding hydrogens is 364 g/mol. The summed E-state index contributed by atoms with van der Waals surface area (Å²) in [5.74, 6) is 2.05. The number of ether oxygens (including phenoxy) is 1. The molecule has 2 aromatic rings. The van der Waals surface area contributed by atoms with Crippen LogP contribution in [-0.4, -0.2) is 42.1 Å². The van der Waals surface area contributed by atoms with Crippen LogP contribution in [0.5, 0.6) is 0 Å². The van der Waals surface area contributed by atoms with E-state index in [1.807, 2.05) is 24.3 Å². The monoisotopic (exact) mass is 384 g/mol. The second-order valence-electron chi connectivity index (χ2n) is 7.37. The molecule has 1 amide bonds. The molecule has 1 unspecified atom stereocenters. The SMILES string of the molecule is O=C1NCCc2c1nc(C1CC1)nc2N1CCOC(c2ccc(Cl)cc2)C1. The molecule has 5 rings (SSSR count). The summed E-state index contributed by atoms with van der Waals surface area (Å²) in [6.07, 6.45) is 2.94. The number of nitrogens with zero attached hydrogens (tertiary/aromatic N) is 3. The molecule has 3 heterocycles. The topological polar surface area (TPSA) is 67.4 Å². The number of nitrogens with one attached hydrogen (secondary N) is 1. The number of aromatic nitrogens is 2. The van der Waals surface area contributed by atoms with Crippen molar-refractivity contribution in [2.45, 2.75) is 31.3 Å². The highest BCUT2D eigenvalue weighted by Crippen LogP contribution is 2.40. The molecule has 2 fully saturated rings. The Bertz CT molecular complexity index is 882. The highest BCUT2D eigenvalue weighted by molar-refractivity contribution is 6.30. The van der Waals surface area contributed by atoms with Gasteiger partial charge in [0.1, 0.15) is 23.4 Å². The van der Waals surface area contributed by atoms with Crippen LogP contribution >= 0.6 is 11.6 Å². The number of hydrogen-bond donors (Lipinski definition) is 1. The van der Waals surface area contributed by atoms with E-state index in [-0.39, 0.29) is 12.0 Å². The van der Waals surface area contributed by atoms with Gasteiger partial charge < -0.3 is 15.0 Å². The summed E-state index contributed by atoms with van der Waals surface area (Å²) in [7, 11) is 0. The lowest BCUT2D eigenvalue weighted by atomic mass is 10.0. The zero-order valence-electron chi connectivity index (χ0n) is 14.9. The number of anilines is 1. The summed E-state index contributed by atoms with van der Waals surface area (Å²) in [4.78, 5) is 24.1. The molecule has 1 saturated heterocycles. The van der Waals surface area contributed by atoms with Crippen LogP contribution in [0.3, 0.4) is 0 Å². The van der Waals surface area contributed by atoms with Gasteiger partial charge >= 0.3 is 0 Å². The fourth-order valence-electron chi connectivity index (χ4n) is 3.80. The number of morpholine rings is 1. The Labute approximate surface area is 162 Å². The van der Waals surface area contributed by atoms with Gasteiger partial charge in [-0.2, -0.15) is 0 Å². The van der Waals surface area contributed by atoms with Crippen LogP contribution in [0, 0.1) is 0 Å². The van der Waals surface area contributed by atoms with Gasteiger partial charge in [0.2, 0.25) is 0 Å². The second kappa shape index (κ2) is 6.77. The van der Waals surface area contributed by atoms with E-state index in [2.05, 4.69) is 15.2 Å². The Morgan fingerprint density at radius 1 is 1.19 bits per heavy atom. The number of carbonyl (C=O) groups is 1. The number of carbonyl (C=O) groups excluding carboxylic acids is 1. The van der Waals surface area contributed by atoms with Gasteiger partial charge in [-0.3, -0.25) is 4.79 Å². The van der Waals surface area contributed by atoms with Crippen LogP contribution in [-0.2, 0) is 11.2 Å². The summed E-state index contributed by atoms with van der Waals surface area (Å²) in [5.41, 5.74) is 2.63. The van der Waals surface area contributed by atoms with Crippen molar-refractivity contribution in [2.24, 2.45) is 0 Å². The molecule has 6 nitrogen and oxygen atoms in total. The quantitative estimate of drug-likeness (QED) is 0.881. The zero-order valence-corrected chi connectivity index (χ0v) is 15.7. The maximum atomic E-state index is 12.4. The summed E-state index contributed by atoms with van der Waals surface area (Å²) in [5, 5.41) is 3.63. The van der Waals surface area contributed by atoms with Gasteiger partial charge in [0.25, 0.3) is 5.91 Å². The normalized spacial score (nSPS) is 22.3. The lowest BCUT2D eigenvalue weighted by Gasteiger charge is -2.36. The molecule has 1 aromatic carbocycles. The Hall–Kier alpha value is -2.18. The maximum Gasteiger partial charge on any atom is 0.270 e. The molecule has 3 aliphatic rings. The standard InChI is InChI=1S/C20H21ClN4O2/c21-14-5-3-12(4-6-14)16-11-25(9-10-27-16)19-15-7-8-22-20(26)17(15)23-18(24-19)13-1-2-13/h3-6,13,16H,1-2,7-11H2,(H,22,26). The third-order valence-corrected chi connectivity index (χ3v) is 5.68. The molecule has 1 aliphatic carbocycles. The highest BCUT2D eigenvalue weighted by atomic mass is 35.5. The van der Waals surface area contributed by atoms with E-state index in [0.717, 1.165) is 53.6 Å². The van der Waals surface area contributed by atoms with Crippen LogP contribution in [0.25, 0.3) is 0 Å². The number of hydrogen-bond acceptors (Lipinski definition) is 5. The minimum atomic E-state index is -0.0793. The molecule has 0 radical (unpaired) electrons. The third-order valence-electron chi connectivity index (χ3n) is 5.43. The van der Waals surface area contributed by atoms with Gasteiger partial charge in [-0.15, -0.1) is 0 Å². The van der Waals surface area contributed by atoms with Crippen LogP contribution in [0.2, 0.25) is 5.02 Å². The van der Waals surface area contributed by atoms with Crippen LogP contribution in [0.1, 0.15) is 52.3 Å². The summed E-state index contributed by atoms with van der Waals surface area (Å²) < 4.78 is 6.00. The van der Waals surface area contributed by atoms with E-state index < -0.39 is 0 Å².